The fourth-order valence-electron chi connectivity index (χ4n) is 11.7. The number of phenolic OH excluding ortho intramolecular Hbond substituents is 1. The molecule has 79 heavy (non-hydrogen) atoms. The molecule has 2 fully saturated rings. The number of hydrogen-bond acceptors (Lipinski definition) is 16. The summed E-state index contributed by atoms with van der Waals surface area (Å²) in [5, 5.41) is 42.0. The fourth-order valence-corrected chi connectivity index (χ4v) is 11.7. The number of piperidine rings is 2. The highest BCUT2D eigenvalue weighted by molar-refractivity contribution is 6.19. The van der Waals surface area contributed by atoms with Gasteiger partial charge in [-0.15, -0.1) is 0 Å². The number of methoxy groups -OCH3 is 1. The van der Waals surface area contributed by atoms with Crippen LogP contribution in [0.1, 0.15) is 120 Å². The molecule has 2 aromatic carbocycles. The molecule has 430 valence electrons. The van der Waals surface area contributed by atoms with E-state index in [4.69, 9.17) is 23.9 Å². The smallest absolute Gasteiger partial charge is 0.318 e. The van der Waals surface area contributed by atoms with Gasteiger partial charge in [0, 0.05) is 119 Å². The molecule has 0 aromatic heterocycles. The number of Topliss-reactive ketones (excluding diaryl/α,β-unsaturated/α-hetero) is 2. The monoisotopic (exact) mass is 1090 g/mol. The lowest BCUT2D eigenvalue weighted by atomic mass is 9.78. The van der Waals surface area contributed by atoms with E-state index >= 15 is 4.79 Å². The number of nitrogens with one attached hydrogen (secondary N) is 2. The molecule has 5 aliphatic heterocycles. The minimum Gasteiger partial charge on any atom is -0.507 e. The molecule has 5 N–H and O–H groups in total. The third-order valence-corrected chi connectivity index (χ3v) is 17.0. The Balaban J connectivity index is 1.19. The predicted octanol–water partition coefficient (Wildman–Crippen LogP) is 6.94. The van der Waals surface area contributed by atoms with Crippen LogP contribution in [0.2, 0.25) is 0 Å². The number of rotatable bonds is 8. The van der Waals surface area contributed by atoms with Crippen molar-refractivity contribution in [1.82, 2.24) is 20.4 Å². The van der Waals surface area contributed by atoms with Gasteiger partial charge in [0.2, 0.25) is 11.7 Å². The number of anilines is 1. The molecule has 18 nitrogen and oxygen atoms in total. The van der Waals surface area contributed by atoms with Crippen molar-refractivity contribution in [3.63, 3.8) is 0 Å². The van der Waals surface area contributed by atoms with Gasteiger partial charge in [0.05, 0.1) is 41.4 Å². The molecule has 10 atom stereocenters. The molecular formula is C61H84N6O12. The van der Waals surface area contributed by atoms with Crippen molar-refractivity contribution in [1.29, 1.82) is 0 Å². The van der Waals surface area contributed by atoms with Crippen LogP contribution in [0.5, 0.6) is 11.5 Å². The summed E-state index contributed by atoms with van der Waals surface area (Å²) in [5.41, 5.74) is 0.604. The number of phenols is 1. The highest BCUT2D eigenvalue weighted by Gasteiger charge is 2.50. The van der Waals surface area contributed by atoms with Crippen molar-refractivity contribution in [3.05, 3.63) is 100 Å². The Morgan fingerprint density at radius 2 is 1.56 bits per heavy atom. The third-order valence-electron chi connectivity index (χ3n) is 17.0. The first-order valence-electron chi connectivity index (χ1n) is 27.9. The van der Waals surface area contributed by atoms with Gasteiger partial charge in [-0.3, -0.25) is 29.0 Å². The van der Waals surface area contributed by atoms with Crippen LogP contribution in [0, 0.1) is 49.4 Å². The summed E-state index contributed by atoms with van der Waals surface area (Å²) >= 11 is 0. The number of allylic oxidation sites excluding steroid dienone is 4. The first kappa shape index (κ1) is 60.3. The van der Waals surface area contributed by atoms with E-state index in [1.54, 1.807) is 51.7 Å². The van der Waals surface area contributed by atoms with E-state index in [9.17, 15) is 34.5 Å². The van der Waals surface area contributed by atoms with Crippen molar-refractivity contribution in [2.75, 3.05) is 51.8 Å². The quantitative estimate of drug-likeness (QED) is 0.103. The Hall–Kier alpha value is -6.34. The summed E-state index contributed by atoms with van der Waals surface area (Å²) < 4.78 is 24.6. The van der Waals surface area contributed by atoms with Gasteiger partial charge in [-0.1, -0.05) is 78.0 Å². The summed E-state index contributed by atoms with van der Waals surface area (Å²) in [6.07, 6.45) is 7.47. The standard InChI is InChI=1S/C61H84N6O12/c1-34(2)33-66-29-25-61(26-30-66)62-32-45(64-61)49-53(71)47-38(6)48-55(41(9)52(47)70)79-60(11,56(48)72)77-31-24-46(76-13)37(5)54(40(8)51(69)39(7)50(68)35(3)18-17-19-36(4)57(73)63-49)78-59(75)42(10)58(74)67-27-22-44(23-28-67)65(12)43-20-15-14-16-21-43/h14-21,24,31-32,34-35,37,39-40,42,44,46,50-51,54,64,68-70H,22-23,25-30,33H2,1-13H3,(H,63,73)/b18-17+,31-24+,36-19-,49-45-/t35?,37-,39-,40-,42?,46+,50+,51?,54-,60?/m1/s1. The molecular weight excluding hydrogens is 1010 g/mol. The van der Waals surface area contributed by atoms with E-state index in [0.29, 0.717) is 44.7 Å². The summed E-state index contributed by atoms with van der Waals surface area (Å²) in [6.45, 7) is 22.2. The Kier molecular flexibility index (Phi) is 19.1. The fraction of sp³-hybridized carbons (Fsp3) is 0.574. The highest BCUT2D eigenvalue weighted by atomic mass is 16.7. The van der Waals surface area contributed by atoms with Gasteiger partial charge >= 0.3 is 11.8 Å². The number of carbonyl (C=O) groups is 5. The molecule has 5 aliphatic rings. The second kappa shape index (κ2) is 25.0. The maximum Gasteiger partial charge on any atom is 0.318 e. The van der Waals surface area contributed by atoms with Crippen LogP contribution in [0.15, 0.2) is 82.9 Å². The summed E-state index contributed by atoms with van der Waals surface area (Å²) in [5.74, 6) is -9.28. The van der Waals surface area contributed by atoms with Gasteiger partial charge in [0.25, 0.3) is 11.7 Å². The van der Waals surface area contributed by atoms with Crippen LogP contribution in [-0.4, -0.2) is 149 Å². The summed E-state index contributed by atoms with van der Waals surface area (Å²) in [7, 11) is 3.49. The van der Waals surface area contributed by atoms with Gasteiger partial charge < -0.3 is 59.6 Å². The Bertz CT molecular complexity index is 2760. The zero-order valence-corrected chi connectivity index (χ0v) is 48.4. The van der Waals surface area contributed by atoms with Crippen LogP contribution >= 0.6 is 0 Å². The molecule has 18 heteroatoms. The van der Waals surface area contributed by atoms with E-state index in [2.05, 4.69) is 34.3 Å². The lowest BCUT2D eigenvalue weighted by molar-refractivity contribution is -0.171. The molecule has 0 aliphatic carbocycles. The number of hydrogen-bond donors (Lipinski definition) is 5. The second-order valence-electron chi connectivity index (χ2n) is 23.2. The average Bonchev–Trinajstić information content (AvgIpc) is 4.06. The minimum absolute atomic E-state index is 0.00683. The normalized spacial score (nSPS) is 31.1. The van der Waals surface area contributed by atoms with E-state index < -0.39 is 94.6 Å². The summed E-state index contributed by atoms with van der Waals surface area (Å²) in [4.78, 5) is 83.3. The topological polar surface area (TPSA) is 229 Å². The van der Waals surface area contributed by atoms with Crippen molar-refractivity contribution < 1.29 is 58.2 Å². The number of aliphatic hydroxyl groups excluding tert-OH is 2. The van der Waals surface area contributed by atoms with Crippen LogP contribution in [0.3, 0.4) is 0 Å². The van der Waals surface area contributed by atoms with Gasteiger partial charge in [-0.05, 0) is 70.2 Å². The van der Waals surface area contributed by atoms with Crippen LogP contribution in [0.25, 0.3) is 0 Å². The van der Waals surface area contributed by atoms with Crippen molar-refractivity contribution >= 4 is 41.3 Å². The van der Waals surface area contributed by atoms with Crippen molar-refractivity contribution in [3.8, 4) is 11.5 Å². The molecule has 1 spiro atoms. The summed E-state index contributed by atoms with van der Waals surface area (Å²) in [6, 6.07) is 10.2. The number of para-hydroxylation sites is 1. The minimum atomic E-state index is -2.00. The first-order valence-corrected chi connectivity index (χ1v) is 27.9. The van der Waals surface area contributed by atoms with Crippen molar-refractivity contribution in [2.45, 2.75) is 144 Å². The first-order chi connectivity index (χ1) is 37.3. The number of ether oxygens (including phenoxy) is 4. The van der Waals surface area contributed by atoms with Crippen molar-refractivity contribution in [2.24, 2.45) is 40.5 Å². The van der Waals surface area contributed by atoms with Crippen LogP contribution < -0.4 is 20.3 Å². The largest absolute Gasteiger partial charge is 0.507 e. The molecule has 2 aromatic rings. The van der Waals surface area contributed by atoms with Gasteiger partial charge in [-0.25, -0.2) is 0 Å². The Labute approximate surface area is 466 Å². The lowest BCUT2D eigenvalue weighted by Gasteiger charge is -2.39. The Morgan fingerprint density at radius 3 is 2.19 bits per heavy atom. The van der Waals surface area contributed by atoms with Gasteiger partial charge in [0.15, 0.2) is 0 Å². The van der Waals surface area contributed by atoms with Gasteiger partial charge in [0.1, 0.15) is 34.9 Å². The molecule has 0 radical (unpaired) electrons. The second-order valence-corrected chi connectivity index (χ2v) is 23.2. The molecule has 7 rings (SSSR count). The number of nitrogens with zero attached hydrogens (tertiary/aromatic N) is 4. The number of aliphatic imine (C=N–C) groups is 1. The number of aromatic hydroxyl groups is 1. The molecule has 2 saturated heterocycles. The SMILES string of the molecule is CO[C@H]1/C=C/OC2(C)Oc3c(C)c(O)c(c(C)c3C2=O)C(=O)/C(=C2\C=NC3(CCN(CC(C)C)CC3)N2)NC(=O)/C(C)=C\C=C\C(C)[C@H](O)[C@@H](C)C(O)[C@@H](C)[C@H](OC(=O)C(C)C(=O)N2CCC(N(C)c3ccccc3)CC2)[C@@H]1C. The number of benzene rings is 2. The molecule has 3 bridgehead atoms. The number of ketones is 2. The molecule has 4 unspecified atom stereocenters. The van der Waals surface area contributed by atoms with Crippen LogP contribution in [-0.2, 0) is 28.6 Å². The average molecular weight is 1090 g/mol. The third kappa shape index (κ3) is 12.8. The number of aliphatic hydroxyl groups is 2. The highest BCUT2D eigenvalue weighted by Crippen LogP contribution is 2.47. The van der Waals surface area contributed by atoms with Crippen LogP contribution in [0.4, 0.5) is 5.69 Å². The lowest BCUT2D eigenvalue weighted by Crippen LogP contribution is -2.50. The van der Waals surface area contributed by atoms with E-state index in [1.807, 2.05) is 37.4 Å². The molecule has 2 amide bonds. The van der Waals surface area contributed by atoms with E-state index in [-0.39, 0.29) is 56.9 Å². The number of carbonyl (C=O) groups excluding carboxylic acids is 5. The zero-order valence-electron chi connectivity index (χ0n) is 48.4. The maximum absolute atomic E-state index is 15.1. The van der Waals surface area contributed by atoms with Gasteiger partial charge in [-0.2, -0.15) is 0 Å². The predicted molar refractivity (Wildman–Crippen MR) is 301 cm³/mol. The van der Waals surface area contributed by atoms with E-state index in [0.717, 1.165) is 25.3 Å². The Morgan fingerprint density at radius 1 is 0.899 bits per heavy atom. The maximum atomic E-state index is 15.1. The van der Waals surface area contributed by atoms with E-state index in [1.165, 1.54) is 59.4 Å². The molecule has 5 heterocycles. The molecule has 0 saturated carbocycles. The zero-order chi connectivity index (χ0) is 57.8. The number of esters is 1. The number of fused-ring (bicyclic) bond motifs is 2. The number of likely N-dealkylation sites (tertiary alicyclic amines) is 2. The number of amides is 2.